The maximum Gasteiger partial charge on any atom is 0.255 e. The van der Waals surface area contributed by atoms with Gasteiger partial charge in [0.15, 0.2) is 0 Å². The molecular formula is C27H33N5O2. The normalized spacial score (nSPS) is 26.9. The summed E-state index contributed by atoms with van der Waals surface area (Å²) >= 11 is 0. The molecule has 0 saturated carbocycles. The Labute approximate surface area is 201 Å². The van der Waals surface area contributed by atoms with Crippen molar-refractivity contribution in [2.75, 3.05) is 55.6 Å². The number of nitrogens with zero attached hydrogens (tertiary/aromatic N) is 5. The van der Waals surface area contributed by atoms with E-state index in [0.717, 1.165) is 70.9 Å². The van der Waals surface area contributed by atoms with Crippen molar-refractivity contribution in [2.24, 2.45) is 11.8 Å². The molecule has 7 nitrogen and oxygen atoms in total. The summed E-state index contributed by atoms with van der Waals surface area (Å²) in [5, 5.41) is 0. The van der Waals surface area contributed by atoms with E-state index in [1.165, 1.54) is 12.1 Å². The highest BCUT2D eigenvalue weighted by molar-refractivity contribution is 5.94. The lowest BCUT2D eigenvalue weighted by atomic mass is 9.76. The Hall–Kier alpha value is -3.09. The predicted octanol–water partition coefficient (Wildman–Crippen LogP) is 2.88. The van der Waals surface area contributed by atoms with E-state index < -0.39 is 0 Å². The topological polar surface area (TPSA) is 60.0 Å². The van der Waals surface area contributed by atoms with E-state index in [-0.39, 0.29) is 5.91 Å². The summed E-state index contributed by atoms with van der Waals surface area (Å²) in [5.74, 6) is 2.42. The monoisotopic (exact) mass is 459 g/mol. The second-order valence-electron chi connectivity index (χ2n) is 10.3. The van der Waals surface area contributed by atoms with Crippen LogP contribution in [-0.2, 0) is 4.79 Å². The van der Waals surface area contributed by atoms with Crippen LogP contribution in [-0.4, -0.2) is 78.5 Å². The van der Waals surface area contributed by atoms with Crippen molar-refractivity contribution in [3.63, 3.8) is 0 Å². The van der Waals surface area contributed by atoms with Gasteiger partial charge in [-0.05, 0) is 55.4 Å². The number of aromatic nitrogens is 1. The van der Waals surface area contributed by atoms with Crippen LogP contribution in [0.3, 0.4) is 0 Å². The molecule has 4 saturated heterocycles. The lowest BCUT2D eigenvalue weighted by Gasteiger charge is -2.52. The maximum atomic E-state index is 13.1. The Kier molecular flexibility index (Phi) is 5.63. The summed E-state index contributed by atoms with van der Waals surface area (Å²) in [6.07, 6.45) is 5.85. The lowest BCUT2D eigenvalue weighted by Crippen LogP contribution is -2.60. The highest BCUT2D eigenvalue weighted by Crippen LogP contribution is 2.38. The molecule has 4 aliphatic heterocycles. The first-order valence-corrected chi connectivity index (χ1v) is 12.8. The van der Waals surface area contributed by atoms with Crippen molar-refractivity contribution in [1.82, 2.24) is 14.8 Å². The Morgan fingerprint density at radius 2 is 1.74 bits per heavy atom. The van der Waals surface area contributed by atoms with Gasteiger partial charge in [-0.2, -0.15) is 0 Å². The van der Waals surface area contributed by atoms with Gasteiger partial charge in [-0.15, -0.1) is 0 Å². The summed E-state index contributed by atoms with van der Waals surface area (Å²) in [6.45, 7) is 5.92. The number of anilines is 2. The minimum absolute atomic E-state index is 0.0682. The van der Waals surface area contributed by atoms with Crippen molar-refractivity contribution in [1.29, 1.82) is 0 Å². The number of carbonyl (C=O) groups excluding carboxylic acids is 2. The average molecular weight is 460 g/mol. The quantitative estimate of drug-likeness (QED) is 0.707. The predicted molar refractivity (Wildman–Crippen MR) is 132 cm³/mol. The number of pyridine rings is 1. The average Bonchev–Trinajstić information content (AvgIpc) is 2.89. The zero-order valence-corrected chi connectivity index (χ0v) is 19.7. The van der Waals surface area contributed by atoms with Gasteiger partial charge < -0.3 is 19.6 Å². The highest BCUT2D eigenvalue weighted by Gasteiger charge is 2.44. The van der Waals surface area contributed by atoms with Gasteiger partial charge in [0.2, 0.25) is 5.91 Å². The molecule has 4 aliphatic rings. The lowest BCUT2D eigenvalue weighted by molar-refractivity contribution is -0.142. The van der Waals surface area contributed by atoms with Crippen molar-refractivity contribution in [3.8, 4) is 0 Å². The Balaban J connectivity index is 1.08. The first-order chi connectivity index (χ1) is 16.7. The molecule has 0 aliphatic carbocycles. The van der Waals surface area contributed by atoms with Gasteiger partial charge in [-0.1, -0.05) is 18.2 Å². The molecule has 0 N–H and O–H groups in total. The molecule has 5 heterocycles. The van der Waals surface area contributed by atoms with Crippen LogP contribution in [0.4, 0.5) is 11.5 Å². The highest BCUT2D eigenvalue weighted by atomic mass is 16.2. The van der Waals surface area contributed by atoms with Crippen LogP contribution in [0.1, 0.15) is 36.0 Å². The molecule has 7 heteroatoms. The molecule has 2 unspecified atom stereocenters. The molecule has 4 fully saturated rings. The molecule has 0 radical (unpaired) electrons. The number of benzene rings is 1. The van der Waals surface area contributed by atoms with E-state index in [1.807, 2.05) is 23.1 Å². The molecule has 2 aromatic rings. The van der Waals surface area contributed by atoms with Crippen molar-refractivity contribution in [3.05, 3.63) is 54.2 Å². The summed E-state index contributed by atoms with van der Waals surface area (Å²) in [6, 6.07) is 14.7. The van der Waals surface area contributed by atoms with Gasteiger partial charge in [0.05, 0.1) is 5.56 Å². The number of rotatable bonds is 3. The SMILES string of the molecule is O=C(c1ccc(N2CC3CC(C2)[C@H]2CCCC(=O)N2C3)nc1)N1CCN(c2ccccc2)CC1. The molecule has 3 atom stereocenters. The Morgan fingerprint density at radius 3 is 2.50 bits per heavy atom. The molecular weight excluding hydrogens is 426 g/mol. The molecule has 6 rings (SSSR count). The number of carbonyl (C=O) groups is 2. The molecule has 1 aromatic carbocycles. The van der Waals surface area contributed by atoms with Gasteiger partial charge in [-0.3, -0.25) is 9.59 Å². The fourth-order valence-electron chi connectivity index (χ4n) is 6.49. The standard InChI is InChI=1S/C27H33N5O2/c33-26-8-4-7-24-22-15-20(18-32(24)26)17-31(19-22)25-10-9-21(16-28-25)27(34)30-13-11-29(12-14-30)23-5-2-1-3-6-23/h1-3,5-6,9-10,16,20,22,24H,4,7-8,11-15,17-19H2/t20?,22?,24-/m1/s1. The van der Waals surface area contributed by atoms with Gasteiger partial charge in [0.1, 0.15) is 5.82 Å². The number of piperazine rings is 1. The second kappa shape index (κ2) is 8.93. The van der Waals surface area contributed by atoms with Crippen LogP contribution in [0.15, 0.2) is 48.7 Å². The number of para-hydroxylation sites is 1. The largest absolute Gasteiger partial charge is 0.368 e. The number of fused-ring (bicyclic) bond motifs is 4. The summed E-state index contributed by atoms with van der Waals surface area (Å²) < 4.78 is 0. The molecule has 34 heavy (non-hydrogen) atoms. The maximum absolute atomic E-state index is 13.1. The Morgan fingerprint density at radius 1 is 0.912 bits per heavy atom. The first-order valence-electron chi connectivity index (χ1n) is 12.8. The molecule has 0 spiro atoms. The van der Waals surface area contributed by atoms with E-state index in [4.69, 9.17) is 4.98 Å². The van der Waals surface area contributed by atoms with Crippen LogP contribution in [0, 0.1) is 11.8 Å². The van der Waals surface area contributed by atoms with Crippen molar-refractivity contribution >= 4 is 23.3 Å². The number of hydrogen-bond donors (Lipinski definition) is 0. The van der Waals surface area contributed by atoms with Crippen LogP contribution in [0.25, 0.3) is 0 Å². The van der Waals surface area contributed by atoms with Crippen molar-refractivity contribution in [2.45, 2.75) is 31.7 Å². The zero-order valence-electron chi connectivity index (χ0n) is 19.7. The van der Waals surface area contributed by atoms with Crippen molar-refractivity contribution < 1.29 is 9.59 Å². The van der Waals surface area contributed by atoms with Gasteiger partial charge in [0.25, 0.3) is 5.91 Å². The first kappa shape index (κ1) is 21.4. The molecule has 1 aromatic heterocycles. The number of amides is 2. The van der Waals surface area contributed by atoms with Crippen LogP contribution in [0.5, 0.6) is 0 Å². The third kappa shape index (κ3) is 4.01. The summed E-state index contributed by atoms with van der Waals surface area (Å²) in [5.41, 5.74) is 1.88. The van der Waals surface area contributed by atoms with E-state index >= 15 is 0 Å². The van der Waals surface area contributed by atoms with E-state index in [0.29, 0.717) is 29.3 Å². The van der Waals surface area contributed by atoms with Crippen LogP contribution < -0.4 is 9.80 Å². The smallest absolute Gasteiger partial charge is 0.255 e. The fraction of sp³-hybridized carbons (Fsp3) is 0.519. The minimum Gasteiger partial charge on any atom is -0.368 e. The molecule has 178 valence electrons. The van der Waals surface area contributed by atoms with Gasteiger partial charge in [-0.25, -0.2) is 4.98 Å². The van der Waals surface area contributed by atoms with E-state index in [1.54, 1.807) is 6.20 Å². The van der Waals surface area contributed by atoms with Gasteiger partial charge in [0, 0.05) is 70.2 Å². The number of piperidine rings is 3. The minimum atomic E-state index is 0.0682. The molecule has 2 bridgehead atoms. The number of hydrogen-bond acceptors (Lipinski definition) is 5. The van der Waals surface area contributed by atoms with E-state index in [2.05, 4.69) is 39.0 Å². The van der Waals surface area contributed by atoms with Crippen LogP contribution >= 0.6 is 0 Å². The second-order valence-corrected chi connectivity index (χ2v) is 10.3. The molecule has 2 amide bonds. The third-order valence-electron chi connectivity index (χ3n) is 8.19. The summed E-state index contributed by atoms with van der Waals surface area (Å²) in [7, 11) is 0. The Bertz CT molecular complexity index is 1030. The van der Waals surface area contributed by atoms with Gasteiger partial charge >= 0.3 is 0 Å². The third-order valence-corrected chi connectivity index (χ3v) is 8.19. The zero-order chi connectivity index (χ0) is 23.1. The summed E-state index contributed by atoms with van der Waals surface area (Å²) in [4.78, 5) is 39.0. The fourth-order valence-corrected chi connectivity index (χ4v) is 6.49. The van der Waals surface area contributed by atoms with Crippen LogP contribution in [0.2, 0.25) is 0 Å². The van der Waals surface area contributed by atoms with E-state index in [9.17, 15) is 9.59 Å².